The van der Waals surface area contributed by atoms with Crippen molar-refractivity contribution in [1.29, 1.82) is 0 Å². The molecule has 1 amide bonds. The van der Waals surface area contributed by atoms with Gasteiger partial charge in [-0.2, -0.15) is 13.2 Å². The lowest BCUT2D eigenvalue weighted by molar-refractivity contribution is -0.137. The molecule has 164 valence electrons. The third-order valence-electron chi connectivity index (χ3n) is 3.88. The van der Waals surface area contributed by atoms with Crippen LogP contribution in [-0.4, -0.2) is 31.4 Å². The van der Waals surface area contributed by atoms with Gasteiger partial charge in [0, 0.05) is 13.2 Å². The van der Waals surface area contributed by atoms with E-state index in [-0.39, 0.29) is 23.2 Å². The van der Waals surface area contributed by atoms with E-state index in [0.717, 1.165) is 11.8 Å². The number of amides is 1. The van der Waals surface area contributed by atoms with Crippen molar-refractivity contribution in [3.8, 4) is 5.75 Å². The molecular formula is C18H14Cl2F3N5O2S. The van der Waals surface area contributed by atoms with E-state index in [1.54, 1.807) is 35.9 Å². The number of thioether (sulfide) groups is 1. The van der Waals surface area contributed by atoms with Gasteiger partial charge in [-0.1, -0.05) is 47.1 Å². The first kappa shape index (κ1) is 23.2. The first-order valence-corrected chi connectivity index (χ1v) is 10.3. The summed E-state index contributed by atoms with van der Waals surface area (Å²) < 4.78 is 45.3. The molecule has 0 aliphatic rings. The number of pyridine rings is 1. The van der Waals surface area contributed by atoms with Crippen molar-refractivity contribution < 1.29 is 22.7 Å². The maximum atomic E-state index is 12.7. The van der Waals surface area contributed by atoms with E-state index in [4.69, 9.17) is 27.9 Å². The van der Waals surface area contributed by atoms with Crippen LogP contribution in [0.4, 0.5) is 19.0 Å². The molecule has 0 unspecified atom stereocenters. The molecule has 3 aromatic rings. The number of carbonyl (C=O) groups is 1. The highest BCUT2D eigenvalue weighted by Crippen LogP contribution is 2.32. The minimum Gasteiger partial charge on any atom is -0.484 e. The summed E-state index contributed by atoms with van der Waals surface area (Å²) in [6.07, 6.45) is -3.98. The molecule has 2 aromatic heterocycles. The van der Waals surface area contributed by atoms with Crippen LogP contribution in [0.1, 0.15) is 11.4 Å². The van der Waals surface area contributed by atoms with Gasteiger partial charge in [-0.25, -0.2) is 4.98 Å². The fourth-order valence-electron chi connectivity index (χ4n) is 2.28. The molecule has 1 aromatic carbocycles. The van der Waals surface area contributed by atoms with Crippen LogP contribution < -0.4 is 10.1 Å². The average molecular weight is 492 g/mol. The van der Waals surface area contributed by atoms with Gasteiger partial charge < -0.3 is 14.6 Å². The third kappa shape index (κ3) is 6.02. The largest absolute Gasteiger partial charge is 0.484 e. The third-order valence-corrected chi connectivity index (χ3v) is 5.50. The molecule has 0 saturated carbocycles. The second-order valence-corrected chi connectivity index (χ2v) is 7.82. The van der Waals surface area contributed by atoms with E-state index in [9.17, 15) is 18.0 Å². The number of alkyl halides is 3. The van der Waals surface area contributed by atoms with Gasteiger partial charge in [-0.05, 0) is 18.2 Å². The lowest BCUT2D eigenvalue weighted by Gasteiger charge is -2.10. The summed E-state index contributed by atoms with van der Waals surface area (Å²) in [6.45, 7) is 0.116. The minimum atomic E-state index is -4.58. The van der Waals surface area contributed by atoms with Crippen LogP contribution in [0.2, 0.25) is 10.0 Å². The Labute approximate surface area is 188 Å². The number of ether oxygens (including phenoxy) is 1. The number of hydrogen-bond acceptors (Lipinski definition) is 6. The fraction of sp³-hybridized carbons (Fsp3) is 0.222. The second kappa shape index (κ2) is 9.75. The zero-order valence-corrected chi connectivity index (χ0v) is 18.1. The molecule has 13 heteroatoms. The summed E-state index contributed by atoms with van der Waals surface area (Å²) in [6, 6.07) is 7.69. The van der Waals surface area contributed by atoms with Crippen LogP contribution in [-0.2, 0) is 24.6 Å². The SMILES string of the molecule is Cn1c(COc2ccccc2Cl)nnc1SCC(=O)Nc1ncc(C(F)(F)F)cc1Cl. The molecule has 3 rings (SSSR count). The number of rotatable bonds is 7. The Morgan fingerprint density at radius 3 is 2.65 bits per heavy atom. The molecule has 0 spiro atoms. The predicted octanol–water partition coefficient (Wildman–Crippen LogP) is 4.85. The van der Waals surface area contributed by atoms with Gasteiger partial charge >= 0.3 is 6.18 Å². The van der Waals surface area contributed by atoms with Crippen molar-refractivity contribution in [2.24, 2.45) is 7.05 Å². The van der Waals surface area contributed by atoms with Crippen molar-refractivity contribution in [2.75, 3.05) is 11.1 Å². The maximum absolute atomic E-state index is 12.7. The molecule has 0 radical (unpaired) electrons. The highest BCUT2D eigenvalue weighted by atomic mass is 35.5. The number of benzene rings is 1. The lowest BCUT2D eigenvalue weighted by atomic mass is 10.3. The number of hydrogen-bond donors (Lipinski definition) is 1. The van der Waals surface area contributed by atoms with Crippen molar-refractivity contribution in [3.63, 3.8) is 0 Å². The van der Waals surface area contributed by atoms with Crippen LogP contribution >= 0.6 is 35.0 Å². The van der Waals surface area contributed by atoms with Gasteiger partial charge in [-0.15, -0.1) is 10.2 Å². The standard InChI is InChI=1S/C18H14Cl2F3N5O2S/c1-28-14(8-30-13-5-3-2-4-11(13)19)26-27-17(28)31-9-15(29)25-16-12(20)6-10(7-24-16)18(21,22)23/h2-7H,8-9H2,1H3,(H,24,25,29). The second-order valence-electron chi connectivity index (χ2n) is 6.07. The Kier molecular flexibility index (Phi) is 7.29. The van der Waals surface area contributed by atoms with Crippen molar-refractivity contribution in [2.45, 2.75) is 17.9 Å². The number of nitrogens with zero attached hydrogens (tertiary/aromatic N) is 4. The van der Waals surface area contributed by atoms with Gasteiger partial charge in [0.15, 0.2) is 16.8 Å². The van der Waals surface area contributed by atoms with E-state index in [1.807, 2.05) is 0 Å². The van der Waals surface area contributed by atoms with E-state index in [0.29, 0.717) is 34.0 Å². The number of carbonyl (C=O) groups excluding carboxylic acids is 1. The van der Waals surface area contributed by atoms with Gasteiger partial charge in [0.25, 0.3) is 0 Å². The van der Waals surface area contributed by atoms with E-state index < -0.39 is 17.6 Å². The predicted molar refractivity (Wildman–Crippen MR) is 110 cm³/mol. The van der Waals surface area contributed by atoms with E-state index in [2.05, 4.69) is 20.5 Å². The Bertz CT molecular complexity index is 1090. The molecule has 0 saturated heterocycles. The topological polar surface area (TPSA) is 81.9 Å². The number of nitrogens with one attached hydrogen (secondary N) is 1. The summed E-state index contributed by atoms with van der Waals surface area (Å²) in [5.74, 6) is 0.246. The number of halogens is 5. The first-order valence-electron chi connectivity index (χ1n) is 8.56. The van der Waals surface area contributed by atoms with Gasteiger partial charge in [0.1, 0.15) is 12.4 Å². The Morgan fingerprint density at radius 2 is 1.97 bits per heavy atom. The summed E-state index contributed by atoms with van der Waals surface area (Å²) >= 11 is 12.9. The smallest absolute Gasteiger partial charge is 0.417 e. The molecule has 0 atom stereocenters. The molecule has 1 N–H and O–H groups in total. The van der Waals surface area contributed by atoms with Gasteiger partial charge in [0.05, 0.1) is 21.4 Å². The first-order chi connectivity index (χ1) is 14.6. The minimum absolute atomic E-state index is 0.0869. The van der Waals surface area contributed by atoms with Crippen LogP contribution in [0.3, 0.4) is 0 Å². The van der Waals surface area contributed by atoms with Crippen molar-refractivity contribution in [1.82, 2.24) is 19.7 Å². The van der Waals surface area contributed by atoms with Crippen LogP contribution in [0.15, 0.2) is 41.7 Å². The molecular weight excluding hydrogens is 478 g/mol. The zero-order chi connectivity index (χ0) is 22.6. The summed E-state index contributed by atoms with van der Waals surface area (Å²) in [4.78, 5) is 15.7. The highest BCUT2D eigenvalue weighted by Gasteiger charge is 2.31. The zero-order valence-electron chi connectivity index (χ0n) is 15.8. The maximum Gasteiger partial charge on any atom is 0.417 e. The molecule has 7 nitrogen and oxygen atoms in total. The van der Waals surface area contributed by atoms with E-state index >= 15 is 0 Å². The quantitative estimate of drug-likeness (QED) is 0.476. The van der Waals surface area contributed by atoms with Crippen LogP contribution in [0, 0.1) is 0 Å². The van der Waals surface area contributed by atoms with Gasteiger partial charge in [-0.3, -0.25) is 4.79 Å². The molecule has 0 aliphatic heterocycles. The van der Waals surface area contributed by atoms with Crippen molar-refractivity contribution in [3.05, 3.63) is 58.0 Å². The summed E-state index contributed by atoms with van der Waals surface area (Å²) in [5.41, 5.74) is -1.00. The normalized spacial score (nSPS) is 11.4. The summed E-state index contributed by atoms with van der Waals surface area (Å²) in [7, 11) is 1.71. The lowest BCUT2D eigenvalue weighted by Crippen LogP contribution is -2.16. The van der Waals surface area contributed by atoms with Crippen LogP contribution in [0.25, 0.3) is 0 Å². The number of aromatic nitrogens is 4. The molecule has 31 heavy (non-hydrogen) atoms. The highest BCUT2D eigenvalue weighted by molar-refractivity contribution is 7.99. The summed E-state index contributed by atoms with van der Waals surface area (Å²) in [5, 5.41) is 11.0. The number of anilines is 1. The number of para-hydroxylation sites is 1. The van der Waals surface area contributed by atoms with Crippen molar-refractivity contribution >= 4 is 46.7 Å². The Morgan fingerprint density at radius 1 is 1.23 bits per heavy atom. The molecule has 0 aliphatic carbocycles. The van der Waals surface area contributed by atoms with Crippen LogP contribution in [0.5, 0.6) is 5.75 Å². The Hall–Kier alpha value is -2.50. The van der Waals surface area contributed by atoms with E-state index in [1.165, 1.54) is 0 Å². The molecule has 2 heterocycles. The fourth-order valence-corrected chi connectivity index (χ4v) is 3.42. The van der Waals surface area contributed by atoms with Gasteiger partial charge in [0.2, 0.25) is 5.91 Å². The Balaban J connectivity index is 1.56. The molecule has 0 bridgehead atoms. The monoisotopic (exact) mass is 491 g/mol. The average Bonchev–Trinajstić information content (AvgIpc) is 3.06. The molecule has 0 fully saturated rings.